The molecule has 1 N–H and O–H groups in total. The van der Waals surface area contributed by atoms with Gasteiger partial charge in [0.2, 0.25) is 10.0 Å². The van der Waals surface area contributed by atoms with E-state index in [-0.39, 0.29) is 16.0 Å². The van der Waals surface area contributed by atoms with E-state index in [2.05, 4.69) is 4.72 Å². The first-order valence-electron chi connectivity index (χ1n) is 4.46. The summed E-state index contributed by atoms with van der Waals surface area (Å²) in [6.45, 7) is 0. The van der Waals surface area contributed by atoms with Crippen LogP contribution in [-0.4, -0.2) is 14.5 Å². The van der Waals surface area contributed by atoms with Crippen LogP contribution in [0.4, 0.5) is 4.39 Å². The Morgan fingerprint density at radius 3 is 2.67 bits per heavy atom. The van der Waals surface area contributed by atoms with Gasteiger partial charge in [-0.05, 0) is 31.0 Å². The van der Waals surface area contributed by atoms with Gasteiger partial charge in [-0.15, -0.1) is 0 Å². The minimum Gasteiger partial charge on any atom is -0.208 e. The van der Waals surface area contributed by atoms with E-state index >= 15 is 0 Å². The molecule has 0 radical (unpaired) electrons. The first-order valence-corrected chi connectivity index (χ1v) is 6.32. The van der Waals surface area contributed by atoms with E-state index < -0.39 is 15.8 Å². The molecule has 0 bridgehead atoms. The molecule has 0 atom stereocenters. The molecule has 0 spiro atoms. The number of benzene rings is 1. The number of halogens is 2. The maximum Gasteiger partial charge on any atom is 0.243 e. The van der Waals surface area contributed by atoms with Gasteiger partial charge in [0.15, 0.2) is 0 Å². The molecule has 1 aromatic rings. The molecule has 1 aromatic carbocycles. The first kappa shape index (κ1) is 10.9. The van der Waals surface area contributed by atoms with Crippen LogP contribution in [-0.2, 0) is 10.0 Å². The van der Waals surface area contributed by atoms with Crippen LogP contribution < -0.4 is 4.72 Å². The molecule has 6 heteroatoms. The number of nitrogens with one attached hydrogen (secondary N) is 1. The third kappa shape index (κ3) is 2.48. The lowest BCUT2D eigenvalue weighted by Crippen LogP contribution is -2.26. The van der Waals surface area contributed by atoms with Gasteiger partial charge in [0.25, 0.3) is 0 Å². The van der Waals surface area contributed by atoms with Gasteiger partial charge in [-0.3, -0.25) is 0 Å². The van der Waals surface area contributed by atoms with Crippen molar-refractivity contribution in [1.29, 1.82) is 0 Å². The highest BCUT2D eigenvalue weighted by molar-refractivity contribution is 7.89. The van der Waals surface area contributed by atoms with Crippen molar-refractivity contribution in [3.63, 3.8) is 0 Å². The van der Waals surface area contributed by atoms with E-state index in [9.17, 15) is 12.8 Å². The van der Waals surface area contributed by atoms with Crippen LogP contribution in [0.5, 0.6) is 0 Å². The van der Waals surface area contributed by atoms with Crippen molar-refractivity contribution in [3.05, 3.63) is 29.0 Å². The van der Waals surface area contributed by atoms with Crippen LogP contribution in [0, 0.1) is 5.82 Å². The lowest BCUT2D eigenvalue weighted by Gasteiger charge is -2.06. The molecule has 0 amide bonds. The minimum atomic E-state index is -3.76. The van der Waals surface area contributed by atoms with Crippen molar-refractivity contribution in [2.45, 2.75) is 23.8 Å². The highest BCUT2D eigenvalue weighted by Crippen LogP contribution is 2.24. The van der Waals surface area contributed by atoms with Crippen molar-refractivity contribution in [1.82, 2.24) is 4.72 Å². The topological polar surface area (TPSA) is 46.2 Å². The normalized spacial score (nSPS) is 16.7. The molecule has 0 saturated heterocycles. The summed E-state index contributed by atoms with van der Waals surface area (Å²) in [6.07, 6.45) is 1.61. The van der Waals surface area contributed by atoms with E-state index in [1.54, 1.807) is 0 Å². The molecule has 15 heavy (non-hydrogen) atoms. The van der Waals surface area contributed by atoms with E-state index in [4.69, 9.17) is 11.6 Å². The predicted octanol–water partition coefficient (Wildman–Crippen LogP) is 1.92. The van der Waals surface area contributed by atoms with Crippen molar-refractivity contribution >= 4 is 21.6 Å². The number of hydrogen-bond donors (Lipinski definition) is 1. The Morgan fingerprint density at radius 1 is 1.40 bits per heavy atom. The van der Waals surface area contributed by atoms with Gasteiger partial charge in [-0.2, -0.15) is 0 Å². The van der Waals surface area contributed by atoms with Crippen LogP contribution in [0.3, 0.4) is 0 Å². The van der Waals surface area contributed by atoms with Gasteiger partial charge in [-0.25, -0.2) is 17.5 Å². The highest BCUT2D eigenvalue weighted by atomic mass is 35.5. The monoisotopic (exact) mass is 249 g/mol. The number of sulfonamides is 1. The van der Waals surface area contributed by atoms with Crippen molar-refractivity contribution in [2.24, 2.45) is 0 Å². The Kier molecular flexibility index (Phi) is 2.70. The molecule has 1 fully saturated rings. The molecule has 1 aliphatic rings. The summed E-state index contributed by atoms with van der Waals surface area (Å²) in [7, 11) is -3.76. The van der Waals surface area contributed by atoms with Gasteiger partial charge >= 0.3 is 0 Å². The fourth-order valence-corrected chi connectivity index (χ4v) is 2.81. The van der Waals surface area contributed by atoms with Crippen molar-refractivity contribution < 1.29 is 12.8 Å². The van der Waals surface area contributed by atoms with Crippen LogP contribution in [0.15, 0.2) is 23.1 Å². The largest absolute Gasteiger partial charge is 0.243 e. The SMILES string of the molecule is O=S(=O)(NC1CC1)c1cc(Cl)ccc1F. The molecule has 1 aliphatic carbocycles. The third-order valence-corrected chi connectivity index (χ3v) is 3.85. The van der Waals surface area contributed by atoms with Crippen molar-refractivity contribution in [2.75, 3.05) is 0 Å². The first-order chi connectivity index (χ1) is 6.99. The predicted molar refractivity (Wildman–Crippen MR) is 54.8 cm³/mol. The number of rotatable bonds is 3. The average molecular weight is 250 g/mol. The quantitative estimate of drug-likeness (QED) is 0.890. The summed E-state index contributed by atoms with van der Waals surface area (Å²) in [5, 5.41) is 0.201. The Labute approximate surface area is 92.3 Å². The Morgan fingerprint density at radius 2 is 2.07 bits per heavy atom. The lowest BCUT2D eigenvalue weighted by molar-refractivity contribution is 0.556. The number of hydrogen-bond acceptors (Lipinski definition) is 2. The van der Waals surface area contributed by atoms with E-state index in [1.165, 1.54) is 6.07 Å². The second-order valence-electron chi connectivity index (χ2n) is 3.47. The fourth-order valence-electron chi connectivity index (χ4n) is 1.17. The molecule has 2 rings (SSSR count). The second-order valence-corrected chi connectivity index (χ2v) is 5.59. The second kappa shape index (κ2) is 3.73. The lowest BCUT2D eigenvalue weighted by atomic mass is 10.3. The fraction of sp³-hybridized carbons (Fsp3) is 0.333. The van der Waals surface area contributed by atoms with Gasteiger partial charge in [0, 0.05) is 11.1 Å². The molecule has 82 valence electrons. The Hall–Kier alpha value is -0.650. The van der Waals surface area contributed by atoms with Crippen molar-refractivity contribution in [3.8, 4) is 0 Å². The maximum absolute atomic E-state index is 13.3. The Bertz CT molecular complexity index is 485. The van der Waals surface area contributed by atoms with Crippen LogP contribution in [0.1, 0.15) is 12.8 Å². The molecule has 0 heterocycles. The zero-order chi connectivity index (χ0) is 11.1. The molecule has 3 nitrogen and oxygen atoms in total. The van der Waals surface area contributed by atoms with Gasteiger partial charge in [0.1, 0.15) is 10.7 Å². The summed E-state index contributed by atoms with van der Waals surface area (Å²) in [6, 6.07) is 3.42. The van der Waals surface area contributed by atoms with Crippen LogP contribution in [0.2, 0.25) is 5.02 Å². The van der Waals surface area contributed by atoms with Crippen LogP contribution >= 0.6 is 11.6 Å². The summed E-state index contributed by atoms with van der Waals surface area (Å²) in [5.74, 6) is -0.785. The standard InChI is InChI=1S/C9H9ClFNO2S/c10-6-1-4-8(11)9(5-6)15(13,14)12-7-2-3-7/h1,4-5,7,12H,2-3H2. The molecule has 0 unspecified atom stereocenters. The van der Waals surface area contributed by atoms with E-state index in [1.807, 2.05) is 0 Å². The summed E-state index contributed by atoms with van der Waals surface area (Å²) >= 11 is 5.62. The van der Waals surface area contributed by atoms with Gasteiger partial charge < -0.3 is 0 Å². The van der Waals surface area contributed by atoms with E-state index in [0.29, 0.717) is 0 Å². The summed E-state index contributed by atoms with van der Waals surface area (Å²) in [4.78, 5) is -0.387. The maximum atomic E-state index is 13.3. The van der Waals surface area contributed by atoms with Gasteiger partial charge in [-0.1, -0.05) is 11.6 Å². The molecular formula is C9H9ClFNO2S. The van der Waals surface area contributed by atoms with E-state index in [0.717, 1.165) is 25.0 Å². The van der Waals surface area contributed by atoms with Crippen LogP contribution in [0.25, 0.3) is 0 Å². The zero-order valence-electron chi connectivity index (χ0n) is 7.70. The third-order valence-electron chi connectivity index (χ3n) is 2.08. The van der Waals surface area contributed by atoms with Gasteiger partial charge in [0.05, 0.1) is 0 Å². The summed E-state index contributed by atoms with van der Waals surface area (Å²) in [5.41, 5.74) is 0. The smallest absolute Gasteiger partial charge is 0.208 e. The molecule has 0 aromatic heterocycles. The minimum absolute atomic E-state index is 0.0478. The average Bonchev–Trinajstić information content (AvgIpc) is 2.92. The Balaban J connectivity index is 2.38. The molecule has 0 aliphatic heterocycles. The highest BCUT2D eigenvalue weighted by Gasteiger charge is 2.29. The molecule has 1 saturated carbocycles. The molecular weight excluding hydrogens is 241 g/mol. The summed E-state index contributed by atoms with van der Waals surface area (Å²) < 4.78 is 38.9. The zero-order valence-corrected chi connectivity index (χ0v) is 9.28.